The van der Waals surface area contributed by atoms with E-state index in [2.05, 4.69) is 6.92 Å². The Morgan fingerprint density at radius 3 is 2.61 bits per heavy atom. The average Bonchev–Trinajstić information content (AvgIpc) is 2.36. The van der Waals surface area contributed by atoms with Gasteiger partial charge in [-0.15, -0.1) is 0 Å². The van der Waals surface area contributed by atoms with Crippen molar-refractivity contribution in [1.82, 2.24) is 0 Å². The molecular formula is C15H23NO2. The molecule has 0 saturated heterocycles. The van der Waals surface area contributed by atoms with Crippen molar-refractivity contribution in [3.05, 3.63) is 29.3 Å². The summed E-state index contributed by atoms with van der Waals surface area (Å²) >= 11 is 0. The van der Waals surface area contributed by atoms with Crippen molar-refractivity contribution in [3.8, 4) is 0 Å². The molecule has 0 amide bonds. The van der Waals surface area contributed by atoms with Gasteiger partial charge in [-0.1, -0.05) is 32.6 Å². The molecule has 0 unspecified atom stereocenters. The van der Waals surface area contributed by atoms with Crippen molar-refractivity contribution in [2.24, 2.45) is 0 Å². The zero-order valence-corrected chi connectivity index (χ0v) is 11.4. The molecule has 0 spiro atoms. The van der Waals surface area contributed by atoms with Gasteiger partial charge in [0.15, 0.2) is 0 Å². The van der Waals surface area contributed by atoms with Crippen LogP contribution in [0.2, 0.25) is 0 Å². The number of hydrogen-bond acceptors (Lipinski definition) is 3. The molecule has 3 heteroatoms. The maximum absolute atomic E-state index is 11.7. The van der Waals surface area contributed by atoms with Crippen LogP contribution in [0.4, 0.5) is 5.69 Å². The lowest BCUT2D eigenvalue weighted by Gasteiger charge is -2.06. The highest BCUT2D eigenvalue weighted by Gasteiger charge is 2.07. The second-order valence-corrected chi connectivity index (χ2v) is 4.62. The Kier molecular flexibility index (Phi) is 6.26. The second kappa shape index (κ2) is 7.75. The Labute approximate surface area is 109 Å². The van der Waals surface area contributed by atoms with Gasteiger partial charge in [0.25, 0.3) is 0 Å². The first-order valence-corrected chi connectivity index (χ1v) is 6.68. The third-order valence-corrected chi connectivity index (χ3v) is 2.99. The first kappa shape index (κ1) is 14.6. The number of nitrogens with two attached hydrogens (primary N) is 1. The largest absolute Gasteiger partial charge is 0.462 e. The van der Waals surface area contributed by atoms with Crippen molar-refractivity contribution in [2.45, 2.75) is 46.0 Å². The molecule has 0 atom stereocenters. The Balaban J connectivity index is 2.30. The molecule has 2 N–H and O–H groups in total. The molecule has 0 fully saturated rings. The topological polar surface area (TPSA) is 52.3 Å². The van der Waals surface area contributed by atoms with E-state index in [1.165, 1.54) is 19.3 Å². The van der Waals surface area contributed by atoms with Gasteiger partial charge < -0.3 is 10.5 Å². The van der Waals surface area contributed by atoms with Crippen molar-refractivity contribution < 1.29 is 9.53 Å². The van der Waals surface area contributed by atoms with Crippen LogP contribution in [0.25, 0.3) is 0 Å². The Morgan fingerprint density at radius 1 is 1.22 bits per heavy atom. The van der Waals surface area contributed by atoms with E-state index in [1.807, 2.05) is 6.92 Å². The predicted octanol–water partition coefficient (Wildman–Crippen LogP) is 3.70. The van der Waals surface area contributed by atoms with Gasteiger partial charge in [0.1, 0.15) is 0 Å². The van der Waals surface area contributed by atoms with Gasteiger partial charge in [0, 0.05) is 5.69 Å². The molecule has 0 aliphatic rings. The normalized spacial score (nSPS) is 10.3. The fraction of sp³-hybridized carbons (Fsp3) is 0.533. The third-order valence-electron chi connectivity index (χ3n) is 2.99. The lowest BCUT2D eigenvalue weighted by molar-refractivity contribution is 0.0497. The second-order valence-electron chi connectivity index (χ2n) is 4.62. The molecule has 18 heavy (non-hydrogen) atoms. The summed E-state index contributed by atoms with van der Waals surface area (Å²) in [6, 6.07) is 5.23. The highest BCUT2D eigenvalue weighted by atomic mass is 16.5. The molecule has 1 aromatic carbocycles. The summed E-state index contributed by atoms with van der Waals surface area (Å²) in [5.41, 5.74) is 7.89. The molecule has 0 aromatic heterocycles. The number of aryl methyl sites for hydroxylation is 1. The molecular weight excluding hydrogens is 226 g/mol. The van der Waals surface area contributed by atoms with E-state index in [4.69, 9.17) is 10.5 Å². The number of benzene rings is 1. The molecule has 0 aliphatic carbocycles. The molecule has 100 valence electrons. The van der Waals surface area contributed by atoms with Crippen LogP contribution in [0.15, 0.2) is 18.2 Å². The molecule has 1 aromatic rings. The number of carbonyl (C=O) groups is 1. The number of ether oxygens (including phenoxy) is 1. The monoisotopic (exact) mass is 249 g/mol. The van der Waals surface area contributed by atoms with Crippen LogP contribution >= 0.6 is 0 Å². The van der Waals surface area contributed by atoms with Crippen molar-refractivity contribution in [3.63, 3.8) is 0 Å². The number of esters is 1. The van der Waals surface area contributed by atoms with E-state index >= 15 is 0 Å². The highest BCUT2D eigenvalue weighted by molar-refractivity contribution is 5.90. The number of anilines is 1. The lowest BCUT2D eigenvalue weighted by Crippen LogP contribution is -2.07. The van der Waals surface area contributed by atoms with E-state index in [-0.39, 0.29) is 5.97 Å². The van der Waals surface area contributed by atoms with E-state index in [0.717, 1.165) is 18.4 Å². The first-order chi connectivity index (χ1) is 8.65. The highest BCUT2D eigenvalue weighted by Crippen LogP contribution is 2.13. The van der Waals surface area contributed by atoms with Gasteiger partial charge in [0.2, 0.25) is 0 Å². The molecule has 3 nitrogen and oxygen atoms in total. The maximum Gasteiger partial charge on any atom is 0.338 e. The quantitative estimate of drug-likeness (QED) is 0.455. The average molecular weight is 249 g/mol. The number of hydrogen-bond donors (Lipinski definition) is 1. The fourth-order valence-corrected chi connectivity index (χ4v) is 1.76. The first-order valence-electron chi connectivity index (χ1n) is 6.68. The van der Waals surface area contributed by atoms with Crippen LogP contribution in [-0.4, -0.2) is 12.6 Å². The molecule has 1 rings (SSSR count). The van der Waals surface area contributed by atoms with Crippen LogP contribution in [0.5, 0.6) is 0 Å². The predicted molar refractivity (Wildman–Crippen MR) is 74.6 cm³/mol. The third kappa shape index (κ3) is 4.78. The van der Waals surface area contributed by atoms with E-state index in [9.17, 15) is 4.79 Å². The van der Waals surface area contributed by atoms with E-state index < -0.39 is 0 Å². The van der Waals surface area contributed by atoms with Crippen molar-refractivity contribution >= 4 is 11.7 Å². The Hall–Kier alpha value is -1.51. The summed E-state index contributed by atoms with van der Waals surface area (Å²) in [5.74, 6) is -0.256. The summed E-state index contributed by atoms with van der Waals surface area (Å²) in [5, 5.41) is 0. The fourth-order valence-electron chi connectivity index (χ4n) is 1.76. The Bertz CT molecular complexity index is 388. The van der Waals surface area contributed by atoms with Gasteiger partial charge in [-0.25, -0.2) is 4.79 Å². The van der Waals surface area contributed by atoms with Crippen LogP contribution in [0, 0.1) is 6.92 Å². The van der Waals surface area contributed by atoms with Gasteiger partial charge in [0.05, 0.1) is 12.2 Å². The van der Waals surface area contributed by atoms with Crippen molar-refractivity contribution in [1.29, 1.82) is 0 Å². The molecule has 0 heterocycles. The summed E-state index contributed by atoms with van der Waals surface area (Å²) in [6.07, 6.45) is 5.77. The number of unbranched alkanes of at least 4 members (excludes halogenated alkanes) is 4. The van der Waals surface area contributed by atoms with Gasteiger partial charge in [-0.3, -0.25) is 0 Å². The number of carbonyl (C=O) groups excluding carboxylic acids is 1. The van der Waals surface area contributed by atoms with Gasteiger partial charge >= 0.3 is 5.97 Å². The van der Waals surface area contributed by atoms with E-state index in [1.54, 1.807) is 18.2 Å². The minimum atomic E-state index is -0.256. The van der Waals surface area contributed by atoms with Crippen LogP contribution in [0.3, 0.4) is 0 Å². The minimum absolute atomic E-state index is 0.256. The summed E-state index contributed by atoms with van der Waals surface area (Å²) in [6.45, 7) is 4.58. The van der Waals surface area contributed by atoms with Crippen LogP contribution < -0.4 is 5.73 Å². The van der Waals surface area contributed by atoms with Crippen molar-refractivity contribution in [2.75, 3.05) is 12.3 Å². The number of nitrogen functional groups attached to an aromatic ring is 1. The van der Waals surface area contributed by atoms with Crippen LogP contribution in [0.1, 0.15) is 54.9 Å². The summed E-state index contributed by atoms with van der Waals surface area (Å²) in [7, 11) is 0. The van der Waals surface area contributed by atoms with E-state index in [0.29, 0.717) is 17.9 Å². The zero-order chi connectivity index (χ0) is 13.4. The smallest absolute Gasteiger partial charge is 0.338 e. The van der Waals surface area contributed by atoms with Gasteiger partial charge in [-0.2, -0.15) is 0 Å². The standard InChI is InChI=1S/C15H23NO2/c1-3-4-5-6-7-10-18-15(17)13-8-9-14(16)12(2)11-13/h8-9,11H,3-7,10,16H2,1-2H3. The zero-order valence-electron chi connectivity index (χ0n) is 11.4. The maximum atomic E-state index is 11.7. The molecule has 0 aliphatic heterocycles. The lowest BCUT2D eigenvalue weighted by atomic mass is 10.1. The molecule has 0 bridgehead atoms. The molecule has 0 radical (unpaired) electrons. The summed E-state index contributed by atoms with van der Waals surface area (Å²) < 4.78 is 5.22. The molecule has 0 saturated carbocycles. The van der Waals surface area contributed by atoms with Crippen LogP contribution in [-0.2, 0) is 4.74 Å². The summed E-state index contributed by atoms with van der Waals surface area (Å²) in [4.78, 5) is 11.7. The van der Waals surface area contributed by atoms with Gasteiger partial charge in [-0.05, 0) is 37.1 Å². The Morgan fingerprint density at radius 2 is 1.94 bits per heavy atom. The number of rotatable bonds is 7. The SMILES string of the molecule is CCCCCCCOC(=O)c1ccc(N)c(C)c1. The minimum Gasteiger partial charge on any atom is -0.462 e.